The zero-order chi connectivity index (χ0) is 21.2. The summed E-state index contributed by atoms with van der Waals surface area (Å²) in [6.07, 6.45) is 8.69. The van der Waals surface area contributed by atoms with Gasteiger partial charge in [-0.2, -0.15) is 10.2 Å². The van der Waals surface area contributed by atoms with E-state index in [0.29, 0.717) is 18.1 Å². The summed E-state index contributed by atoms with van der Waals surface area (Å²) in [5.41, 5.74) is 7.50. The molecule has 0 aromatic carbocycles. The highest BCUT2D eigenvalue weighted by molar-refractivity contribution is 5.64. The molecule has 0 saturated heterocycles. The minimum Gasteiger partial charge on any atom is -0.350 e. The lowest BCUT2D eigenvalue weighted by molar-refractivity contribution is 1.000. The fourth-order valence-corrected chi connectivity index (χ4v) is 3.42. The predicted octanol–water partition coefficient (Wildman–Crippen LogP) is 3.27. The van der Waals surface area contributed by atoms with Crippen LogP contribution in [0.25, 0.3) is 28.2 Å². The van der Waals surface area contributed by atoms with Crippen molar-refractivity contribution in [3.8, 4) is 22.5 Å². The maximum absolute atomic E-state index is 4.66. The number of hydrogen-bond donors (Lipinski definition) is 1. The Labute approximate surface area is 178 Å². The fraction of sp³-hybridized carbons (Fsp3) is 0.136. The summed E-state index contributed by atoms with van der Waals surface area (Å²) in [6.45, 7) is 4.61. The number of aryl methyl sites for hydroxylation is 2. The molecule has 0 aliphatic heterocycles. The summed E-state index contributed by atoms with van der Waals surface area (Å²) in [7, 11) is 0. The summed E-state index contributed by atoms with van der Waals surface area (Å²) in [5, 5.41) is 19.5. The van der Waals surface area contributed by atoms with Gasteiger partial charge in [-0.05, 0) is 43.2 Å². The Balaban J connectivity index is 1.34. The van der Waals surface area contributed by atoms with E-state index in [4.69, 9.17) is 0 Å². The second kappa shape index (κ2) is 7.86. The first-order chi connectivity index (χ1) is 15.2. The van der Waals surface area contributed by atoms with Gasteiger partial charge in [-0.3, -0.25) is 14.4 Å². The normalized spacial score (nSPS) is 11.0. The Bertz CT molecular complexity index is 1360. The third-order valence-electron chi connectivity index (χ3n) is 4.94. The van der Waals surface area contributed by atoms with Gasteiger partial charge in [-0.15, -0.1) is 10.2 Å². The third-order valence-corrected chi connectivity index (χ3v) is 4.94. The van der Waals surface area contributed by atoms with Crippen LogP contribution in [0, 0.1) is 13.8 Å². The van der Waals surface area contributed by atoms with Crippen LogP contribution in [0.2, 0.25) is 0 Å². The van der Waals surface area contributed by atoms with Crippen molar-refractivity contribution >= 4 is 11.6 Å². The number of anilines is 1. The molecule has 0 fully saturated rings. The number of aromatic nitrogens is 8. The van der Waals surface area contributed by atoms with Crippen LogP contribution in [-0.4, -0.2) is 39.7 Å². The SMILES string of the molecule is Cc1cc(-c2ncc(CNc3nnc4cc(-c5ccnnc5)ncn34)cc2C)ccn1. The van der Waals surface area contributed by atoms with E-state index in [0.717, 1.165) is 39.3 Å². The molecule has 152 valence electrons. The molecule has 0 amide bonds. The molecule has 0 radical (unpaired) electrons. The maximum Gasteiger partial charge on any atom is 0.230 e. The molecule has 9 heteroatoms. The Kier molecular flexibility index (Phi) is 4.75. The van der Waals surface area contributed by atoms with Gasteiger partial charge in [0, 0.05) is 41.8 Å². The minimum atomic E-state index is 0.570. The molecule has 0 aliphatic carbocycles. The lowest BCUT2D eigenvalue weighted by Gasteiger charge is -2.09. The highest BCUT2D eigenvalue weighted by atomic mass is 15.3. The lowest BCUT2D eigenvalue weighted by Crippen LogP contribution is -2.05. The van der Waals surface area contributed by atoms with Crippen LogP contribution in [0.15, 0.2) is 61.4 Å². The van der Waals surface area contributed by atoms with Crippen molar-refractivity contribution in [2.24, 2.45) is 0 Å². The highest BCUT2D eigenvalue weighted by Gasteiger charge is 2.10. The van der Waals surface area contributed by atoms with Gasteiger partial charge in [0.15, 0.2) is 5.65 Å². The van der Waals surface area contributed by atoms with Crippen LogP contribution < -0.4 is 5.32 Å². The fourth-order valence-electron chi connectivity index (χ4n) is 3.42. The zero-order valence-corrected chi connectivity index (χ0v) is 17.1. The largest absolute Gasteiger partial charge is 0.350 e. The van der Waals surface area contributed by atoms with Crippen molar-refractivity contribution in [2.75, 3.05) is 5.32 Å². The first-order valence-corrected chi connectivity index (χ1v) is 9.77. The van der Waals surface area contributed by atoms with Crippen LogP contribution in [0.4, 0.5) is 5.95 Å². The Morgan fingerprint density at radius 2 is 1.77 bits per heavy atom. The lowest BCUT2D eigenvalue weighted by atomic mass is 10.1. The third kappa shape index (κ3) is 3.80. The van der Waals surface area contributed by atoms with Crippen molar-refractivity contribution in [3.05, 3.63) is 78.3 Å². The second-order valence-corrected chi connectivity index (χ2v) is 7.21. The molecule has 0 spiro atoms. The van der Waals surface area contributed by atoms with Crippen molar-refractivity contribution in [1.29, 1.82) is 0 Å². The average molecular weight is 409 g/mol. The summed E-state index contributed by atoms with van der Waals surface area (Å²) >= 11 is 0. The Morgan fingerprint density at radius 1 is 0.871 bits per heavy atom. The topological polar surface area (TPSA) is 107 Å². The molecule has 5 rings (SSSR count). The molecule has 0 atom stereocenters. The number of hydrogen-bond acceptors (Lipinski definition) is 8. The van der Waals surface area contributed by atoms with Gasteiger partial charge in [-0.1, -0.05) is 6.07 Å². The van der Waals surface area contributed by atoms with E-state index in [1.165, 1.54) is 0 Å². The van der Waals surface area contributed by atoms with Gasteiger partial charge in [0.1, 0.15) is 6.33 Å². The number of rotatable bonds is 5. The smallest absolute Gasteiger partial charge is 0.230 e. The Morgan fingerprint density at radius 3 is 2.58 bits per heavy atom. The summed E-state index contributed by atoms with van der Waals surface area (Å²) in [6, 6.07) is 9.87. The van der Waals surface area contributed by atoms with E-state index in [1.54, 1.807) is 18.7 Å². The summed E-state index contributed by atoms with van der Waals surface area (Å²) < 4.78 is 1.81. The predicted molar refractivity (Wildman–Crippen MR) is 116 cm³/mol. The van der Waals surface area contributed by atoms with Gasteiger partial charge >= 0.3 is 0 Å². The molecule has 5 heterocycles. The first kappa shape index (κ1) is 18.7. The van der Waals surface area contributed by atoms with Crippen molar-refractivity contribution < 1.29 is 0 Å². The molecule has 0 saturated carbocycles. The maximum atomic E-state index is 4.66. The second-order valence-electron chi connectivity index (χ2n) is 7.21. The first-order valence-electron chi connectivity index (χ1n) is 9.77. The zero-order valence-electron chi connectivity index (χ0n) is 17.1. The molecule has 5 aromatic heterocycles. The Hall–Kier alpha value is -4.27. The van der Waals surface area contributed by atoms with Crippen LogP contribution in [0.5, 0.6) is 0 Å². The molecular formula is C22H19N9. The number of pyridine rings is 2. The molecule has 0 unspecified atom stereocenters. The standard InChI is InChI=1S/C22H19N9/c1-14-7-16(10-24-21(14)17-3-5-23-15(2)8-17)11-25-22-30-29-20-9-19(26-13-31(20)22)18-4-6-27-28-12-18/h3-10,12-13H,11H2,1-2H3,(H,25,30). The van der Waals surface area contributed by atoms with Gasteiger partial charge < -0.3 is 5.32 Å². The van der Waals surface area contributed by atoms with Gasteiger partial charge in [0.25, 0.3) is 0 Å². The van der Waals surface area contributed by atoms with E-state index < -0.39 is 0 Å². The van der Waals surface area contributed by atoms with E-state index in [1.807, 2.05) is 48.0 Å². The van der Waals surface area contributed by atoms with Crippen LogP contribution >= 0.6 is 0 Å². The average Bonchev–Trinajstić information content (AvgIpc) is 3.20. The van der Waals surface area contributed by atoms with E-state index >= 15 is 0 Å². The van der Waals surface area contributed by atoms with Crippen LogP contribution in [0.3, 0.4) is 0 Å². The number of fused-ring (bicyclic) bond motifs is 1. The van der Waals surface area contributed by atoms with E-state index in [2.05, 4.69) is 53.7 Å². The molecule has 0 aliphatic rings. The molecule has 1 N–H and O–H groups in total. The quantitative estimate of drug-likeness (QED) is 0.471. The monoisotopic (exact) mass is 409 g/mol. The number of nitrogens with zero attached hydrogens (tertiary/aromatic N) is 8. The van der Waals surface area contributed by atoms with Crippen molar-refractivity contribution in [2.45, 2.75) is 20.4 Å². The summed E-state index contributed by atoms with van der Waals surface area (Å²) in [5.74, 6) is 0.619. The number of nitrogens with one attached hydrogen (secondary N) is 1. The van der Waals surface area contributed by atoms with Gasteiger partial charge in [-0.25, -0.2) is 4.98 Å². The van der Waals surface area contributed by atoms with E-state index in [9.17, 15) is 0 Å². The molecule has 31 heavy (non-hydrogen) atoms. The highest BCUT2D eigenvalue weighted by Crippen LogP contribution is 2.22. The van der Waals surface area contributed by atoms with Gasteiger partial charge in [0.05, 0.1) is 23.8 Å². The van der Waals surface area contributed by atoms with E-state index in [-0.39, 0.29) is 0 Å². The van der Waals surface area contributed by atoms with Crippen molar-refractivity contribution in [1.82, 2.24) is 39.7 Å². The summed E-state index contributed by atoms with van der Waals surface area (Å²) in [4.78, 5) is 13.4. The minimum absolute atomic E-state index is 0.570. The molecular weight excluding hydrogens is 390 g/mol. The van der Waals surface area contributed by atoms with Crippen LogP contribution in [0.1, 0.15) is 16.8 Å². The molecule has 0 bridgehead atoms. The van der Waals surface area contributed by atoms with Crippen molar-refractivity contribution in [3.63, 3.8) is 0 Å². The molecule has 9 nitrogen and oxygen atoms in total. The van der Waals surface area contributed by atoms with Crippen LogP contribution in [-0.2, 0) is 6.54 Å². The molecule has 5 aromatic rings. The van der Waals surface area contributed by atoms with Gasteiger partial charge in [0.2, 0.25) is 5.95 Å².